The molecular weight excluding hydrogens is 407 g/mol. The highest BCUT2D eigenvalue weighted by Crippen LogP contribution is 2.35. The molecule has 0 bridgehead atoms. The van der Waals surface area contributed by atoms with E-state index in [4.69, 9.17) is 0 Å². The maximum absolute atomic E-state index is 13.5. The molecule has 31 heavy (non-hydrogen) atoms. The van der Waals surface area contributed by atoms with E-state index in [1.807, 2.05) is 37.3 Å². The summed E-state index contributed by atoms with van der Waals surface area (Å²) >= 11 is 0. The minimum Gasteiger partial charge on any atom is -0.326 e. The molecule has 2 atom stereocenters. The molecule has 0 spiro atoms. The minimum atomic E-state index is -4.52. The lowest BCUT2D eigenvalue weighted by Gasteiger charge is -2.29. The van der Waals surface area contributed by atoms with Gasteiger partial charge >= 0.3 is 6.18 Å². The molecular formula is C22H24F3N5O. The molecule has 1 N–H and O–H groups in total. The van der Waals surface area contributed by atoms with Crippen molar-refractivity contribution in [2.75, 3.05) is 11.9 Å². The fourth-order valence-corrected chi connectivity index (χ4v) is 4.24. The first-order chi connectivity index (χ1) is 14.7. The third-order valence-electron chi connectivity index (χ3n) is 5.60. The molecule has 1 fully saturated rings. The summed E-state index contributed by atoms with van der Waals surface area (Å²) in [6, 6.07) is 11.6. The minimum absolute atomic E-state index is 0.0854. The lowest BCUT2D eigenvalue weighted by molar-refractivity contribution is -0.142. The van der Waals surface area contributed by atoms with Gasteiger partial charge < -0.3 is 5.32 Å². The number of nitrogens with zero attached hydrogens (tertiary/aromatic N) is 4. The number of likely N-dealkylation sites (tertiary alicyclic amines) is 1. The van der Waals surface area contributed by atoms with E-state index in [-0.39, 0.29) is 30.1 Å². The second-order valence-corrected chi connectivity index (χ2v) is 7.98. The van der Waals surface area contributed by atoms with Crippen LogP contribution in [0.2, 0.25) is 0 Å². The summed E-state index contributed by atoms with van der Waals surface area (Å²) in [4.78, 5) is 18.8. The van der Waals surface area contributed by atoms with Gasteiger partial charge in [-0.15, -0.1) is 0 Å². The van der Waals surface area contributed by atoms with Crippen molar-refractivity contribution in [3.63, 3.8) is 0 Å². The number of hydrogen-bond donors (Lipinski definition) is 1. The predicted molar refractivity (Wildman–Crippen MR) is 111 cm³/mol. The number of halogens is 3. The van der Waals surface area contributed by atoms with E-state index in [9.17, 15) is 18.0 Å². The van der Waals surface area contributed by atoms with Crippen molar-refractivity contribution >= 4 is 17.2 Å². The van der Waals surface area contributed by atoms with Crippen LogP contribution in [0.5, 0.6) is 0 Å². The molecule has 0 radical (unpaired) electrons. The second-order valence-electron chi connectivity index (χ2n) is 7.98. The number of amides is 1. The molecule has 1 aliphatic rings. The first-order valence-electron chi connectivity index (χ1n) is 10.3. The average molecular weight is 431 g/mol. The van der Waals surface area contributed by atoms with E-state index >= 15 is 0 Å². The van der Waals surface area contributed by atoms with Crippen LogP contribution in [0.3, 0.4) is 0 Å². The van der Waals surface area contributed by atoms with E-state index in [0.29, 0.717) is 11.4 Å². The van der Waals surface area contributed by atoms with E-state index in [1.54, 1.807) is 6.07 Å². The van der Waals surface area contributed by atoms with Gasteiger partial charge in [-0.25, -0.2) is 9.50 Å². The van der Waals surface area contributed by atoms with Crippen LogP contribution >= 0.6 is 0 Å². The Hall–Kier alpha value is -2.94. The Morgan fingerprint density at radius 2 is 2.00 bits per heavy atom. The summed E-state index contributed by atoms with van der Waals surface area (Å²) in [6.07, 6.45) is -2.58. The first-order valence-corrected chi connectivity index (χ1v) is 10.3. The molecule has 0 aliphatic carbocycles. The van der Waals surface area contributed by atoms with Gasteiger partial charge in [-0.05, 0) is 51.4 Å². The number of carbonyl (C=O) groups excluding carboxylic acids is 1. The molecule has 2 unspecified atom stereocenters. The average Bonchev–Trinajstić information content (AvgIpc) is 3.33. The van der Waals surface area contributed by atoms with Crippen molar-refractivity contribution in [2.24, 2.45) is 0 Å². The monoisotopic (exact) mass is 431 g/mol. The summed E-state index contributed by atoms with van der Waals surface area (Å²) in [6.45, 7) is 4.26. The van der Waals surface area contributed by atoms with Crippen LogP contribution in [0, 0.1) is 6.92 Å². The molecule has 3 heterocycles. The SMILES string of the molecule is Cc1cc(C(F)(F)F)n2nc(C3CCCN3C(C)CC(=O)Nc3ccccc3)cc2n1. The second kappa shape index (κ2) is 8.30. The number of nitrogens with one attached hydrogen (secondary N) is 1. The Balaban J connectivity index is 1.54. The summed E-state index contributed by atoms with van der Waals surface area (Å²) in [5.74, 6) is -0.101. The maximum atomic E-state index is 13.5. The number of anilines is 1. The number of aromatic nitrogens is 3. The zero-order valence-electron chi connectivity index (χ0n) is 17.4. The predicted octanol–water partition coefficient (Wildman–Crippen LogP) is 4.61. The largest absolute Gasteiger partial charge is 0.433 e. The highest BCUT2D eigenvalue weighted by molar-refractivity contribution is 5.91. The smallest absolute Gasteiger partial charge is 0.326 e. The number of fused-ring (bicyclic) bond motifs is 1. The first kappa shape index (κ1) is 21.3. The number of carbonyl (C=O) groups is 1. The molecule has 1 amide bonds. The van der Waals surface area contributed by atoms with Crippen LogP contribution in [0.15, 0.2) is 42.5 Å². The number of hydrogen-bond acceptors (Lipinski definition) is 4. The Bertz CT molecular complexity index is 1080. The third kappa shape index (κ3) is 4.56. The van der Waals surface area contributed by atoms with Crippen molar-refractivity contribution < 1.29 is 18.0 Å². The Morgan fingerprint density at radius 1 is 1.26 bits per heavy atom. The molecule has 2 aromatic heterocycles. The van der Waals surface area contributed by atoms with E-state index < -0.39 is 11.9 Å². The fourth-order valence-electron chi connectivity index (χ4n) is 4.24. The van der Waals surface area contributed by atoms with Gasteiger partial charge in [-0.2, -0.15) is 18.3 Å². The third-order valence-corrected chi connectivity index (χ3v) is 5.60. The Morgan fingerprint density at radius 3 is 2.71 bits per heavy atom. The van der Waals surface area contributed by atoms with Crippen LogP contribution in [0.1, 0.15) is 49.3 Å². The standard InChI is InChI=1S/C22H24F3N5O/c1-14-11-19(22(23,24)25)30-20(26-14)13-17(28-30)18-9-6-10-29(18)15(2)12-21(31)27-16-7-4-3-5-8-16/h3-5,7-8,11,13,15,18H,6,9-10,12H2,1-2H3,(H,27,31). The summed E-state index contributed by atoms with van der Waals surface area (Å²) < 4.78 is 41.3. The van der Waals surface area contributed by atoms with Crippen molar-refractivity contribution in [1.29, 1.82) is 0 Å². The Kier molecular flexibility index (Phi) is 5.70. The van der Waals surface area contributed by atoms with E-state index in [0.717, 1.165) is 35.7 Å². The maximum Gasteiger partial charge on any atom is 0.433 e. The van der Waals surface area contributed by atoms with Crippen LogP contribution < -0.4 is 5.32 Å². The van der Waals surface area contributed by atoms with Gasteiger partial charge in [-0.1, -0.05) is 18.2 Å². The van der Waals surface area contributed by atoms with Crippen LogP contribution in [-0.2, 0) is 11.0 Å². The molecule has 0 saturated carbocycles. The molecule has 164 valence electrons. The van der Waals surface area contributed by atoms with E-state index in [1.165, 1.54) is 6.92 Å². The number of alkyl halides is 3. The summed E-state index contributed by atoms with van der Waals surface area (Å²) in [5.41, 5.74) is 0.931. The van der Waals surface area contributed by atoms with Crippen molar-refractivity contribution in [2.45, 2.75) is 51.4 Å². The number of aryl methyl sites for hydroxylation is 1. The van der Waals surface area contributed by atoms with E-state index in [2.05, 4.69) is 20.3 Å². The van der Waals surface area contributed by atoms with Crippen molar-refractivity contribution in [1.82, 2.24) is 19.5 Å². The van der Waals surface area contributed by atoms with Gasteiger partial charge in [-0.3, -0.25) is 9.69 Å². The highest BCUT2D eigenvalue weighted by atomic mass is 19.4. The quantitative estimate of drug-likeness (QED) is 0.641. The molecule has 1 saturated heterocycles. The zero-order chi connectivity index (χ0) is 22.2. The van der Waals surface area contributed by atoms with Gasteiger partial charge in [0, 0.05) is 29.9 Å². The van der Waals surface area contributed by atoms with Gasteiger partial charge in [0.05, 0.1) is 11.7 Å². The number of benzene rings is 1. The van der Waals surface area contributed by atoms with Gasteiger partial charge in [0.25, 0.3) is 0 Å². The lowest BCUT2D eigenvalue weighted by Crippen LogP contribution is -2.35. The van der Waals surface area contributed by atoms with Gasteiger partial charge in [0.15, 0.2) is 5.65 Å². The van der Waals surface area contributed by atoms with Crippen LogP contribution in [0.4, 0.5) is 18.9 Å². The summed E-state index contributed by atoms with van der Waals surface area (Å²) in [7, 11) is 0. The number of para-hydroxylation sites is 1. The fraction of sp³-hybridized carbons (Fsp3) is 0.409. The number of rotatable bonds is 5. The molecule has 6 nitrogen and oxygen atoms in total. The van der Waals surface area contributed by atoms with Crippen LogP contribution in [0.25, 0.3) is 5.65 Å². The molecule has 3 aromatic rings. The lowest BCUT2D eigenvalue weighted by atomic mass is 10.1. The van der Waals surface area contributed by atoms with Gasteiger partial charge in [0.1, 0.15) is 5.69 Å². The van der Waals surface area contributed by atoms with Gasteiger partial charge in [0.2, 0.25) is 5.91 Å². The van der Waals surface area contributed by atoms with Crippen molar-refractivity contribution in [3.8, 4) is 0 Å². The molecule has 4 rings (SSSR count). The summed E-state index contributed by atoms with van der Waals surface area (Å²) in [5, 5.41) is 7.16. The zero-order valence-corrected chi connectivity index (χ0v) is 17.4. The Labute approximate surface area is 178 Å². The van der Waals surface area contributed by atoms with Crippen LogP contribution in [-0.4, -0.2) is 38.0 Å². The molecule has 9 heteroatoms. The molecule has 1 aliphatic heterocycles. The molecule has 1 aromatic carbocycles. The topological polar surface area (TPSA) is 62.5 Å². The van der Waals surface area contributed by atoms with Crippen molar-refractivity contribution in [3.05, 3.63) is 59.5 Å². The normalized spacial score (nSPS) is 18.4. The highest BCUT2D eigenvalue weighted by Gasteiger charge is 2.37.